The maximum atomic E-state index is 11.6. The van der Waals surface area contributed by atoms with E-state index in [9.17, 15) is 9.59 Å². The normalized spacial score (nSPS) is 10.5. The molecule has 0 radical (unpaired) electrons. The van der Waals surface area contributed by atoms with Crippen LogP contribution in [0.15, 0.2) is 29.1 Å². The molecule has 0 amide bonds. The Kier molecular flexibility index (Phi) is 3.15. The molecule has 0 aliphatic carbocycles. The monoisotopic (exact) mass is 251 g/mol. The van der Waals surface area contributed by atoms with E-state index in [0.717, 1.165) is 0 Å². The van der Waals surface area contributed by atoms with Crippen molar-refractivity contribution in [1.29, 1.82) is 0 Å². The second-order valence-electron chi connectivity index (χ2n) is 3.46. The summed E-state index contributed by atoms with van der Waals surface area (Å²) >= 11 is 5.84. The zero-order valence-corrected chi connectivity index (χ0v) is 9.88. The predicted molar refractivity (Wildman–Crippen MR) is 65.5 cm³/mol. The molecule has 2 rings (SSSR count). The average molecular weight is 252 g/mol. The van der Waals surface area contributed by atoms with Gasteiger partial charge in [-0.25, -0.2) is 4.79 Å². The fraction of sp³-hybridized carbons (Fsp3) is 0.167. The van der Waals surface area contributed by atoms with Crippen molar-refractivity contribution in [2.24, 2.45) is 0 Å². The Balaban J connectivity index is 2.61. The van der Waals surface area contributed by atoms with Crippen molar-refractivity contribution in [3.63, 3.8) is 0 Å². The first-order chi connectivity index (χ1) is 8.11. The number of carbonyl (C=O) groups excluding carboxylic acids is 1. The van der Waals surface area contributed by atoms with Gasteiger partial charge in [0.1, 0.15) is 5.56 Å². The molecule has 1 aromatic heterocycles. The van der Waals surface area contributed by atoms with Crippen LogP contribution >= 0.6 is 11.6 Å². The SMILES string of the molecule is CCOC(=O)c1cc2cc(Cl)ccc2[nH]c1=O. The molecule has 0 fully saturated rings. The van der Waals surface area contributed by atoms with Gasteiger partial charge in [0.05, 0.1) is 6.61 Å². The molecule has 0 atom stereocenters. The van der Waals surface area contributed by atoms with Crippen LogP contribution in [0.4, 0.5) is 0 Å². The number of carbonyl (C=O) groups is 1. The Morgan fingerprint density at radius 2 is 2.18 bits per heavy atom. The number of hydrogen-bond donors (Lipinski definition) is 1. The van der Waals surface area contributed by atoms with Crippen LogP contribution in [0, 0.1) is 0 Å². The Labute approximate surface area is 102 Å². The lowest BCUT2D eigenvalue weighted by Gasteiger charge is -2.03. The highest BCUT2D eigenvalue weighted by atomic mass is 35.5. The third-order valence-corrected chi connectivity index (χ3v) is 2.54. The molecule has 0 bridgehead atoms. The molecule has 88 valence electrons. The van der Waals surface area contributed by atoms with Crippen molar-refractivity contribution in [2.75, 3.05) is 6.61 Å². The molecule has 0 saturated heterocycles. The van der Waals surface area contributed by atoms with E-state index < -0.39 is 11.5 Å². The van der Waals surface area contributed by atoms with Gasteiger partial charge in [0.25, 0.3) is 5.56 Å². The first kappa shape index (κ1) is 11.7. The number of aromatic amines is 1. The molecule has 2 aromatic rings. The third-order valence-electron chi connectivity index (χ3n) is 2.30. The summed E-state index contributed by atoms with van der Waals surface area (Å²) < 4.78 is 4.80. The summed E-state index contributed by atoms with van der Waals surface area (Å²) in [6.45, 7) is 1.91. The summed E-state index contributed by atoms with van der Waals surface area (Å²) in [5.41, 5.74) is 0.160. The van der Waals surface area contributed by atoms with E-state index in [1.807, 2.05) is 0 Å². The van der Waals surface area contributed by atoms with Crippen molar-refractivity contribution in [2.45, 2.75) is 6.92 Å². The van der Waals surface area contributed by atoms with Crippen molar-refractivity contribution < 1.29 is 9.53 Å². The highest BCUT2D eigenvalue weighted by Gasteiger charge is 2.12. The van der Waals surface area contributed by atoms with Crippen LogP contribution in [0.1, 0.15) is 17.3 Å². The zero-order valence-electron chi connectivity index (χ0n) is 9.12. The molecule has 0 aliphatic rings. The van der Waals surface area contributed by atoms with Crippen LogP contribution < -0.4 is 5.56 Å². The number of hydrogen-bond acceptors (Lipinski definition) is 3. The molecule has 1 aromatic carbocycles. The summed E-state index contributed by atoms with van der Waals surface area (Å²) in [6.07, 6.45) is 0. The van der Waals surface area contributed by atoms with Gasteiger partial charge in [-0.05, 0) is 31.2 Å². The molecule has 0 aliphatic heterocycles. The molecule has 17 heavy (non-hydrogen) atoms. The van der Waals surface area contributed by atoms with E-state index in [1.165, 1.54) is 6.07 Å². The van der Waals surface area contributed by atoms with Gasteiger partial charge in [0.15, 0.2) is 0 Å². The van der Waals surface area contributed by atoms with Crippen LogP contribution in [-0.2, 0) is 4.74 Å². The number of benzene rings is 1. The lowest BCUT2D eigenvalue weighted by molar-refractivity contribution is 0.0524. The topological polar surface area (TPSA) is 59.2 Å². The molecule has 0 spiro atoms. The van der Waals surface area contributed by atoms with Crippen molar-refractivity contribution >= 4 is 28.5 Å². The van der Waals surface area contributed by atoms with E-state index in [4.69, 9.17) is 16.3 Å². The maximum Gasteiger partial charge on any atom is 0.343 e. The highest BCUT2D eigenvalue weighted by Crippen LogP contribution is 2.17. The zero-order chi connectivity index (χ0) is 12.4. The fourth-order valence-corrected chi connectivity index (χ4v) is 1.72. The summed E-state index contributed by atoms with van der Waals surface area (Å²) in [5.74, 6) is -0.629. The van der Waals surface area contributed by atoms with Gasteiger partial charge in [0.2, 0.25) is 0 Å². The van der Waals surface area contributed by atoms with Crippen LogP contribution in [-0.4, -0.2) is 17.6 Å². The van der Waals surface area contributed by atoms with Gasteiger partial charge in [-0.3, -0.25) is 4.79 Å². The van der Waals surface area contributed by atoms with E-state index in [1.54, 1.807) is 25.1 Å². The lowest BCUT2D eigenvalue weighted by atomic mass is 10.1. The van der Waals surface area contributed by atoms with Crippen LogP contribution in [0.2, 0.25) is 5.02 Å². The number of ether oxygens (including phenoxy) is 1. The number of halogens is 1. The first-order valence-corrected chi connectivity index (χ1v) is 5.49. The number of H-pyrrole nitrogens is 1. The van der Waals surface area contributed by atoms with Gasteiger partial charge < -0.3 is 9.72 Å². The van der Waals surface area contributed by atoms with Crippen molar-refractivity contribution in [1.82, 2.24) is 4.98 Å². The van der Waals surface area contributed by atoms with E-state index in [-0.39, 0.29) is 12.2 Å². The first-order valence-electron chi connectivity index (χ1n) is 5.11. The summed E-state index contributed by atoms with van der Waals surface area (Å²) in [6, 6.07) is 6.52. The minimum Gasteiger partial charge on any atom is -0.462 e. The molecular weight excluding hydrogens is 242 g/mol. The number of nitrogens with one attached hydrogen (secondary N) is 1. The Morgan fingerprint density at radius 3 is 2.88 bits per heavy atom. The number of aromatic nitrogens is 1. The molecule has 0 unspecified atom stereocenters. The molecule has 0 saturated carbocycles. The quantitative estimate of drug-likeness (QED) is 0.834. The highest BCUT2D eigenvalue weighted by molar-refractivity contribution is 6.31. The fourth-order valence-electron chi connectivity index (χ4n) is 1.54. The Hall–Kier alpha value is -1.81. The van der Waals surface area contributed by atoms with E-state index in [0.29, 0.717) is 15.9 Å². The number of rotatable bonds is 2. The number of pyridine rings is 1. The number of esters is 1. The summed E-state index contributed by atoms with van der Waals surface area (Å²) in [4.78, 5) is 25.8. The van der Waals surface area contributed by atoms with Gasteiger partial charge in [0, 0.05) is 15.9 Å². The molecular formula is C12H10ClNO3. The third kappa shape index (κ3) is 2.31. The largest absolute Gasteiger partial charge is 0.462 e. The minimum absolute atomic E-state index is 0.0124. The van der Waals surface area contributed by atoms with E-state index >= 15 is 0 Å². The van der Waals surface area contributed by atoms with Crippen LogP contribution in [0.3, 0.4) is 0 Å². The summed E-state index contributed by atoms with van der Waals surface area (Å²) in [5, 5.41) is 1.24. The minimum atomic E-state index is -0.629. The second-order valence-corrected chi connectivity index (χ2v) is 3.90. The Bertz CT molecular complexity index is 633. The average Bonchev–Trinajstić information content (AvgIpc) is 2.29. The van der Waals surface area contributed by atoms with Crippen molar-refractivity contribution in [3.8, 4) is 0 Å². The molecule has 1 heterocycles. The van der Waals surface area contributed by atoms with Gasteiger partial charge in [-0.2, -0.15) is 0 Å². The molecule has 1 N–H and O–H groups in total. The van der Waals surface area contributed by atoms with E-state index in [2.05, 4.69) is 4.98 Å². The maximum absolute atomic E-state index is 11.6. The predicted octanol–water partition coefficient (Wildman–Crippen LogP) is 2.36. The summed E-state index contributed by atoms with van der Waals surface area (Å²) in [7, 11) is 0. The number of fused-ring (bicyclic) bond motifs is 1. The van der Waals surface area contributed by atoms with Crippen molar-refractivity contribution in [3.05, 3.63) is 45.2 Å². The van der Waals surface area contributed by atoms with Crippen LogP contribution in [0.25, 0.3) is 10.9 Å². The standard InChI is InChI=1S/C12H10ClNO3/c1-2-17-12(16)9-6-7-5-8(13)3-4-10(7)14-11(9)15/h3-6H,2H2,1H3,(H,14,15). The van der Waals surface area contributed by atoms with Crippen LogP contribution in [0.5, 0.6) is 0 Å². The van der Waals surface area contributed by atoms with Gasteiger partial charge >= 0.3 is 5.97 Å². The Morgan fingerprint density at radius 1 is 1.41 bits per heavy atom. The molecule has 4 nitrogen and oxygen atoms in total. The lowest BCUT2D eigenvalue weighted by Crippen LogP contribution is -2.19. The molecule has 5 heteroatoms. The van der Waals surface area contributed by atoms with Gasteiger partial charge in [-0.15, -0.1) is 0 Å². The van der Waals surface area contributed by atoms with Gasteiger partial charge in [-0.1, -0.05) is 11.6 Å². The second kappa shape index (κ2) is 4.59. The smallest absolute Gasteiger partial charge is 0.343 e.